The van der Waals surface area contributed by atoms with E-state index in [-0.39, 0.29) is 28.2 Å². The van der Waals surface area contributed by atoms with Crippen molar-refractivity contribution >= 4 is 6.29 Å². The van der Waals surface area contributed by atoms with E-state index in [2.05, 4.69) is 4.74 Å². The summed E-state index contributed by atoms with van der Waals surface area (Å²) in [6, 6.07) is 8.51. The smallest absolute Gasteiger partial charge is 0.492 e. The zero-order chi connectivity index (χ0) is 17.7. The first kappa shape index (κ1) is 17.7. The van der Waals surface area contributed by atoms with Crippen molar-refractivity contribution in [1.82, 2.24) is 0 Å². The van der Waals surface area contributed by atoms with Crippen LogP contribution in [-0.2, 0) is 0 Å². The summed E-state index contributed by atoms with van der Waals surface area (Å²) in [5.41, 5.74) is 0.651. The van der Waals surface area contributed by atoms with Crippen LogP contribution >= 0.6 is 0 Å². The Bertz CT molecular complexity index is 726. The number of hydrogen-bond acceptors (Lipinski definition) is 4. The molecular formula is C17H15F3O4. The van der Waals surface area contributed by atoms with E-state index in [4.69, 9.17) is 9.47 Å². The molecule has 0 aliphatic carbocycles. The number of para-hydroxylation sites is 1. The molecule has 0 bridgehead atoms. The molecule has 2 rings (SSSR count). The standard InChI is InChI=1S/C17H15F3O4/c1-3-23-15-9-11(10-21)8-13(16(15)22-2)12-6-4-5-7-14(12)24-17(18,19)20/h4-10H,3H2,1-2H3. The molecule has 7 heteroatoms. The monoisotopic (exact) mass is 340 g/mol. The predicted molar refractivity (Wildman–Crippen MR) is 81.7 cm³/mol. The van der Waals surface area contributed by atoms with E-state index in [0.717, 1.165) is 0 Å². The van der Waals surface area contributed by atoms with Gasteiger partial charge in [0.2, 0.25) is 0 Å². The maximum Gasteiger partial charge on any atom is 0.573 e. The summed E-state index contributed by atoms with van der Waals surface area (Å²) in [4.78, 5) is 11.2. The predicted octanol–water partition coefficient (Wildman–Crippen LogP) is 4.47. The number of hydrogen-bond donors (Lipinski definition) is 0. The Hall–Kier alpha value is -2.70. The third kappa shape index (κ3) is 3.98. The summed E-state index contributed by atoms with van der Waals surface area (Å²) in [6.07, 6.45) is -4.26. The maximum absolute atomic E-state index is 12.6. The Kier molecular flexibility index (Phi) is 5.33. The van der Waals surface area contributed by atoms with E-state index >= 15 is 0 Å². The van der Waals surface area contributed by atoms with Crippen molar-refractivity contribution in [3.8, 4) is 28.4 Å². The number of aldehydes is 1. The van der Waals surface area contributed by atoms with Gasteiger partial charge >= 0.3 is 6.36 Å². The summed E-state index contributed by atoms with van der Waals surface area (Å²) >= 11 is 0. The number of rotatable bonds is 6. The molecule has 2 aromatic carbocycles. The first-order valence-electron chi connectivity index (χ1n) is 7.04. The molecule has 0 saturated carbocycles. The van der Waals surface area contributed by atoms with Crippen LogP contribution in [0.15, 0.2) is 36.4 Å². The van der Waals surface area contributed by atoms with Gasteiger partial charge in [-0.2, -0.15) is 0 Å². The van der Waals surface area contributed by atoms with E-state index in [1.54, 1.807) is 13.0 Å². The molecule has 0 aliphatic rings. The second-order valence-electron chi connectivity index (χ2n) is 4.69. The molecule has 0 aromatic heterocycles. The molecule has 0 unspecified atom stereocenters. The molecule has 128 valence electrons. The molecule has 4 nitrogen and oxygen atoms in total. The molecule has 0 fully saturated rings. The lowest BCUT2D eigenvalue weighted by Gasteiger charge is -2.18. The van der Waals surface area contributed by atoms with Crippen LogP contribution in [-0.4, -0.2) is 26.4 Å². The molecule has 2 aromatic rings. The highest BCUT2D eigenvalue weighted by atomic mass is 19.4. The fraction of sp³-hybridized carbons (Fsp3) is 0.235. The number of ether oxygens (including phenoxy) is 3. The second-order valence-corrected chi connectivity index (χ2v) is 4.69. The van der Waals surface area contributed by atoms with Crippen molar-refractivity contribution in [2.45, 2.75) is 13.3 Å². The number of alkyl halides is 3. The Labute approximate surface area is 136 Å². The summed E-state index contributed by atoms with van der Waals surface area (Å²) in [5.74, 6) is 0.0934. The van der Waals surface area contributed by atoms with Crippen molar-refractivity contribution in [3.05, 3.63) is 42.0 Å². The Morgan fingerprint density at radius 3 is 2.38 bits per heavy atom. The van der Waals surface area contributed by atoms with Gasteiger partial charge in [0.1, 0.15) is 12.0 Å². The summed E-state index contributed by atoms with van der Waals surface area (Å²) in [5, 5.41) is 0. The SMILES string of the molecule is CCOc1cc(C=O)cc(-c2ccccc2OC(F)(F)F)c1OC. The van der Waals surface area contributed by atoms with E-state index in [9.17, 15) is 18.0 Å². The van der Waals surface area contributed by atoms with Gasteiger partial charge in [0.15, 0.2) is 11.5 Å². The van der Waals surface area contributed by atoms with Crippen LogP contribution < -0.4 is 14.2 Å². The van der Waals surface area contributed by atoms with Crippen LogP contribution in [0.4, 0.5) is 13.2 Å². The third-order valence-electron chi connectivity index (χ3n) is 3.12. The summed E-state index contributed by atoms with van der Waals surface area (Å²) in [6.45, 7) is 2.05. The van der Waals surface area contributed by atoms with E-state index in [1.807, 2.05) is 0 Å². The highest BCUT2D eigenvalue weighted by Gasteiger charge is 2.32. The second kappa shape index (κ2) is 7.25. The van der Waals surface area contributed by atoms with E-state index in [1.165, 1.54) is 37.4 Å². The lowest BCUT2D eigenvalue weighted by atomic mass is 10.0. The number of methoxy groups -OCH3 is 1. The molecule has 0 N–H and O–H groups in total. The van der Waals surface area contributed by atoms with Crippen LogP contribution in [0.25, 0.3) is 11.1 Å². The van der Waals surface area contributed by atoms with Crippen molar-refractivity contribution in [1.29, 1.82) is 0 Å². The highest BCUT2D eigenvalue weighted by Crippen LogP contribution is 2.43. The van der Waals surface area contributed by atoms with E-state index in [0.29, 0.717) is 12.9 Å². The van der Waals surface area contributed by atoms with Gasteiger partial charge in [-0.05, 0) is 25.1 Å². The lowest BCUT2D eigenvalue weighted by Crippen LogP contribution is -2.17. The Morgan fingerprint density at radius 1 is 1.08 bits per heavy atom. The highest BCUT2D eigenvalue weighted by molar-refractivity contribution is 5.86. The van der Waals surface area contributed by atoms with E-state index < -0.39 is 12.1 Å². The van der Waals surface area contributed by atoms with Crippen LogP contribution in [0.1, 0.15) is 17.3 Å². The third-order valence-corrected chi connectivity index (χ3v) is 3.12. The minimum Gasteiger partial charge on any atom is -0.492 e. The number of benzene rings is 2. The maximum atomic E-state index is 12.6. The number of halogens is 3. The molecule has 0 atom stereocenters. The molecule has 0 heterocycles. The summed E-state index contributed by atoms with van der Waals surface area (Å²) < 4.78 is 52.7. The lowest BCUT2D eigenvalue weighted by molar-refractivity contribution is -0.274. The van der Waals surface area contributed by atoms with Gasteiger partial charge in [-0.25, -0.2) is 0 Å². The number of carbonyl (C=O) groups is 1. The number of carbonyl (C=O) groups excluding carboxylic acids is 1. The van der Waals surface area contributed by atoms with Crippen LogP contribution in [0.2, 0.25) is 0 Å². The molecule has 0 saturated heterocycles. The average molecular weight is 340 g/mol. The van der Waals surface area contributed by atoms with Crippen LogP contribution in [0.3, 0.4) is 0 Å². The van der Waals surface area contributed by atoms with Gasteiger partial charge in [0, 0.05) is 16.7 Å². The molecule has 0 radical (unpaired) electrons. The Morgan fingerprint density at radius 2 is 1.79 bits per heavy atom. The minimum absolute atomic E-state index is 0.135. The van der Waals surface area contributed by atoms with Gasteiger partial charge in [0.05, 0.1) is 13.7 Å². The van der Waals surface area contributed by atoms with Gasteiger partial charge < -0.3 is 14.2 Å². The molecule has 0 spiro atoms. The molecule has 0 amide bonds. The zero-order valence-corrected chi connectivity index (χ0v) is 13.0. The van der Waals surface area contributed by atoms with Crippen molar-refractivity contribution in [2.75, 3.05) is 13.7 Å². The van der Waals surface area contributed by atoms with Gasteiger partial charge in [-0.1, -0.05) is 18.2 Å². The normalized spacial score (nSPS) is 11.0. The van der Waals surface area contributed by atoms with Crippen LogP contribution in [0.5, 0.6) is 17.2 Å². The topological polar surface area (TPSA) is 44.8 Å². The molecule has 0 aliphatic heterocycles. The quantitative estimate of drug-likeness (QED) is 0.728. The molecule has 24 heavy (non-hydrogen) atoms. The van der Waals surface area contributed by atoms with Gasteiger partial charge in [-0.15, -0.1) is 13.2 Å². The van der Waals surface area contributed by atoms with Crippen molar-refractivity contribution in [3.63, 3.8) is 0 Å². The average Bonchev–Trinajstić information content (AvgIpc) is 2.53. The Balaban J connectivity index is 2.67. The van der Waals surface area contributed by atoms with Crippen molar-refractivity contribution in [2.24, 2.45) is 0 Å². The first-order valence-corrected chi connectivity index (χ1v) is 7.04. The van der Waals surface area contributed by atoms with Gasteiger partial charge in [-0.3, -0.25) is 4.79 Å². The largest absolute Gasteiger partial charge is 0.573 e. The fourth-order valence-electron chi connectivity index (χ4n) is 2.27. The molecular weight excluding hydrogens is 325 g/mol. The zero-order valence-electron chi connectivity index (χ0n) is 13.0. The summed E-state index contributed by atoms with van der Waals surface area (Å²) in [7, 11) is 1.37. The van der Waals surface area contributed by atoms with Gasteiger partial charge in [0.25, 0.3) is 0 Å². The minimum atomic E-state index is -4.84. The fourth-order valence-corrected chi connectivity index (χ4v) is 2.27. The van der Waals surface area contributed by atoms with Crippen LogP contribution in [0, 0.1) is 0 Å². The first-order chi connectivity index (χ1) is 11.4. The van der Waals surface area contributed by atoms with Crippen molar-refractivity contribution < 1.29 is 32.2 Å².